The lowest BCUT2D eigenvalue weighted by atomic mass is 10.8. The molecule has 0 radical (unpaired) electrons. The van der Waals surface area contributed by atoms with Gasteiger partial charge in [-0.25, -0.2) is 0 Å². The van der Waals surface area contributed by atoms with Gasteiger partial charge in [-0.1, -0.05) is 0 Å². The minimum absolute atomic E-state index is 0.500. The summed E-state index contributed by atoms with van der Waals surface area (Å²) in [5.41, 5.74) is 0. The maximum Gasteiger partial charge on any atom is 0.291 e. The highest BCUT2D eigenvalue weighted by Gasteiger charge is 1.93. The quantitative estimate of drug-likeness (QED) is 0.364. The second kappa shape index (κ2) is 5.26. The monoisotopic (exact) mass is 137 g/mol. The lowest BCUT2D eigenvalue weighted by molar-refractivity contribution is -0.742. The van der Waals surface area contributed by atoms with E-state index in [0.29, 0.717) is 6.79 Å². The Bertz CT molecular complexity index is 68.7. The van der Waals surface area contributed by atoms with Gasteiger partial charge in [-0.2, -0.15) is 0 Å². The fourth-order valence-electron chi connectivity index (χ4n) is 0.295. The van der Waals surface area contributed by atoms with Crippen LogP contribution < -0.4 is 0 Å². The van der Waals surface area contributed by atoms with Gasteiger partial charge < -0.3 is 14.7 Å². The van der Waals surface area contributed by atoms with Crippen molar-refractivity contribution in [3.8, 4) is 0 Å². The number of ether oxygens (including phenoxy) is 2. The summed E-state index contributed by atoms with van der Waals surface area (Å²) in [6.07, 6.45) is 0. The maximum absolute atomic E-state index is 8.36. The Morgan fingerprint density at radius 2 is 1.78 bits per heavy atom. The van der Waals surface area contributed by atoms with Gasteiger partial charge in [-0.15, -0.1) is 10.1 Å². The molecule has 54 valence electrons. The average Bonchev–Trinajstić information content (AvgIpc) is 2.11. The molecule has 1 saturated heterocycles. The predicted octanol–water partition coefficient (Wildman–Crippen LogP) is -0.357. The molecule has 0 saturated carbocycles. The molecule has 1 rings (SSSR count). The van der Waals surface area contributed by atoms with E-state index in [1.165, 1.54) is 0 Å². The van der Waals surface area contributed by atoms with Crippen LogP contribution in [0.4, 0.5) is 0 Å². The molecule has 6 heteroatoms. The first kappa shape index (κ1) is 8.12. The Kier molecular flexibility index (Phi) is 4.75. The molecule has 0 amide bonds. The predicted molar refractivity (Wildman–Crippen MR) is 25.6 cm³/mol. The van der Waals surface area contributed by atoms with Crippen LogP contribution in [-0.4, -0.2) is 30.3 Å². The van der Waals surface area contributed by atoms with Gasteiger partial charge in [0.2, 0.25) is 0 Å². The van der Waals surface area contributed by atoms with Gasteiger partial charge in [-0.05, 0) is 0 Å². The Morgan fingerprint density at radius 3 is 1.89 bits per heavy atom. The second-order valence-corrected chi connectivity index (χ2v) is 1.17. The summed E-state index contributed by atoms with van der Waals surface area (Å²) in [7, 11) is 0. The molecular weight excluding hydrogens is 130 g/mol. The van der Waals surface area contributed by atoms with Gasteiger partial charge in [-0.3, -0.25) is 0 Å². The molecular formula is C3H7NO5. The molecule has 0 bridgehead atoms. The Hall–Kier alpha value is -0.880. The van der Waals surface area contributed by atoms with E-state index in [0.717, 1.165) is 13.2 Å². The molecule has 1 aliphatic heterocycles. The zero-order valence-corrected chi connectivity index (χ0v) is 4.65. The molecule has 9 heavy (non-hydrogen) atoms. The summed E-state index contributed by atoms with van der Waals surface area (Å²) in [5, 5.41) is 13.6. The van der Waals surface area contributed by atoms with Crippen molar-refractivity contribution in [2.24, 2.45) is 0 Å². The van der Waals surface area contributed by atoms with Crippen LogP contribution in [0.25, 0.3) is 0 Å². The third-order valence-electron chi connectivity index (χ3n) is 0.539. The minimum atomic E-state index is -1.50. The van der Waals surface area contributed by atoms with Crippen LogP contribution in [0.5, 0.6) is 0 Å². The lowest BCUT2D eigenvalue weighted by Gasteiger charge is -1.76. The highest BCUT2D eigenvalue weighted by Crippen LogP contribution is 1.85. The van der Waals surface area contributed by atoms with Crippen LogP contribution >= 0.6 is 0 Å². The van der Waals surface area contributed by atoms with Crippen molar-refractivity contribution in [1.29, 1.82) is 0 Å². The van der Waals surface area contributed by atoms with Crippen LogP contribution in [0.3, 0.4) is 0 Å². The molecule has 0 aliphatic carbocycles. The van der Waals surface area contributed by atoms with E-state index < -0.39 is 5.09 Å². The van der Waals surface area contributed by atoms with Gasteiger partial charge >= 0.3 is 0 Å². The third-order valence-corrected chi connectivity index (χ3v) is 0.539. The van der Waals surface area contributed by atoms with Crippen LogP contribution in [0, 0.1) is 10.1 Å². The summed E-state index contributed by atoms with van der Waals surface area (Å²) in [6.45, 7) is 2.06. The molecule has 0 aromatic carbocycles. The SMILES string of the molecule is C1COCO1.O=[N+]([O-])O. The Labute approximate surface area is 51.1 Å². The number of rotatable bonds is 0. The number of nitrogens with zero attached hydrogens (tertiary/aromatic N) is 1. The summed E-state index contributed by atoms with van der Waals surface area (Å²) in [4.78, 5) is 8.36. The second-order valence-electron chi connectivity index (χ2n) is 1.17. The number of hydrogen-bond donors (Lipinski definition) is 1. The minimum Gasteiger partial charge on any atom is -0.353 e. The van der Waals surface area contributed by atoms with Gasteiger partial charge in [0.15, 0.2) is 0 Å². The first-order valence-electron chi connectivity index (χ1n) is 2.22. The molecule has 1 heterocycles. The first-order chi connectivity index (χ1) is 4.23. The molecule has 1 fully saturated rings. The van der Waals surface area contributed by atoms with Crippen molar-refractivity contribution >= 4 is 0 Å². The van der Waals surface area contributed by atoms with E-state index in [1.807, 2.05) is 0 Å². The van der Waals surface area contributed by atoms with Gasteiger partial charge in [0.1, 0.15) is 6.79 Å². The Morgan fingerprint density at radius 1 is 1.44 bits per heavy atom. The molecule has 1 N–H and O–H groups in total. The molecule has 0 atom stereocenters. The molecule has 6 nitrogen and oxygen atoms in total. The zero-order chi connectivity index (χ0) is 7.11. The molecule has 1 aliphatic rings. The lowest BCUT2D eigenvalue weighted by Crippen LogP contribution is -1.81. The summed E-state index contributed by atoms with van der Waals surface area (Å²) < 4.78 is 9.44. The molecule has 0 aromatic heterocycles. The van der Waals surface area contributed by atoms with Crippen molar-refractivity contribution in [1.82, 2.24) is 0 Å². The molecule has 0 spiro atoms. The van der Waals surface area contributed by atoms with E-state index in [4.69, 9.17) is 24.8 Å². The van der Waals surface area contributed by atoms with E-state index in [-0.39, 0.29) is 0 Å². The first-order valence-corrected chi connectivity index (χ1v) is 2.22. The highest BCUT2D eigenvalue weighted by atomic mass is 16.9. The Balaban J connectivity index is 0.000000148. The van der Waals surface area contributed by atoms with E-state index >= 15 is 0 Å². The normalized spacial score (nSPS) is 16.0. The van der Waals surface area contributed by atoms with Gasteiger partial charge in [0, 0.05) is 0 Å². The fourth-order valence-corrected chi connectivity index (χ4v) is 0.295. The van der Waals surface area contributed by atoms with Gasteiger partial charge in [0.25, 0.3) is 5.09 Å². The van der Waals surface area contributed by atoms with Crippen LogP contribution in [0.2, 0.25) is 0 Å². The van der Waals surface area contributed by atoms with Crippen molar-refractivity contribution in [2.75, 3.05) is 20.0 Å². The molecule has 0 aromatic rings. The highest BCUT2D eigenvalue weighted by molar-refractivity contribution is 4.28. The standard InChI is InChI=1S/C3H6O2.HNO3/c1-2-5-3-4-1;2-1(3)4/h1-3H2;(H,2,3,4). The summed E-state index contributed by atoms with van der Waals surface area (Å²) in [5.74, 6) is 0. The van der Waals surface area contributed by atoms with E-state index in [9.17, 15) is 0 Å². The smallest absolute Gasteiger partial charge is 0.291 e. The third kappa shape index (κ3) is 11.0. The fraction of sp³-hybridized carbons (Fsp3) is 1.00. The van der Waals surface area contributed by atoms with Crippen LogP contribution in [-0.2, 0) is 9.47 Å². The largest absolute Gasteiger partial charge is 0.353 e. The average molecular weight is 137 g/mol. The van der Waals surface area contributed by atoms with Crippen molar-refractivity contribution in [2.45, 2.75) is 0 Å². The van der Waals surface area contributed by atoms with Crippen LogP contribution in [0.15, 0.2) is 0 Å². The topological polar surface area (TPSA) is 81.8 Å². The van der Waals surface area contributed by atoms with Crippen molar-refractivity contribution in [3.63, 3.8) is 0 Å². The number of hydrogen-bond acceptors (Lipinski definition) is 4. The van der Waals surface area contributed by atoms with Crippen LogP contribution in [0.1, 0.15) is 0 Å². The van der Waals surface area contributed by atoms with Crippen molar-refractivity contribution in [3.05, 3.63) is 10.1 Å². The van der Waals surface area contributed by atoms with E-state index in [2.05, 4.69) is 0 Å². The molecule has 0 unspecified atom stereocenters. The summed E-state index contributed by atoms with van der Waals surface area (Å²) in [6, 6.07) is 0. The van der Waals surface area contributed by atoms with E-state index in [1.54, 1.807) is 0 Å². The van der Waals surface area contributed by atoms with Gasteiger partial charge in [0.05, 0.1) is 13.2 Å². The maximum atomic E-state index is 8.36. The summed E-state index contributed by atoms with van der Waals surface area (Å²) >= 11 is 0. The zero-order valence-electron chi connectivity index (χ0n) is 4.65. The van der Waals surface area contributed by atoms with Crippen molar-refractivity contribution < 1.29 is 19.8 Å².